The van der Waals surface area contributed by atoms with Crippen molar-refractivity contribution in [1.82, 2.24) is 14.7 Å². The molecule has 4 rings (SSSR count). The number of hydrogen-bond donors (Lipinski definition) is 2. The molecular formula is C23H23F4N3O3. The molecule has 33 heavy (non-hydrogen) atoms. The molecule has 0 atom stereocenters. The van der Waals surface area contributed by atoms with Crippen LogP contribution in [-0.4, -0.2) is 44.8 Å². The van der Waals surface area contributed by atoms with Crippen molar-refractivity contribution >= 4 is 11.6 Å². The van der Waals surface area contributed by atoms with Crippen LogP contribution in [0.25, 0.3) is 16.8 Å². The summed E-state index contributed by atoms with van der Waals surface area (Å²) in [4.78, 5) is 17.1. The number of ether oxygens (including phenoxy) is 1. The number of rotatable bonds is 5. The molecule has 1 amide bonds. The molecule has 0 aliphatic heterocycles. The molecule has 1 aliphatic carbocycles. The summed E-state index contributed by atoms with van der Waals surface area (Å²) in [7, 11) is 0. The zero-order valence-corrected chi connectivity index (χ0v) is 17.8. The number of aromatic nitrogens is 2. The zero-order valence-electron chi connectivity index (χ0n) is 17.8. The van der Waals surface area contributed by atoms with Crippen LogP contribution in [0.2, 0.25) is 0 Å². The van der Waals surface area contributed by atoms with Crippen LogP contribution in [0.4, 0.5) is 17.6 Å². The Hall–Kier alpha value is -3.14. The van der Waals surface area contributed by atoms with E-state index >= 15 is 0 Å². The molecule has 1 aromatic carbocycles. The first kappa shape index (κ1) is 23.0. The van der Waals surface area contributed by atoms with Crippen LogP contribution in [0.15, 0.2) is 42.7 Å². The third kappa shape index (κ3) is 5.44. The number of carbonyl (C=O) groups is 1. The van der Waals surface area contributed by atoms with E-state index in [1.807, 2.05) is 0 Å². The fourth-order valence-electron chi connectivity index (χ4n) is 3.99. The van der Waals surface area contributed by atoms with Gasteiger partial charge in [0.25, 0.3) is 5.91 Å². The zero-order chi connectivity index (χ0) is 23.8. The molecule has 176 valence electrons. The fraction of sp³-hybridized carbons (Fsp3) is 0.391. The SMILES string of the molecule is CC1(O)CCC(NC(=O)c2cn3cc(F)cc(-c4ccccc4OCC(F)(F)F)c3n2)CC1. The molecule has 1 aliphatic rings. The minimum atomic E-state index is -4.53. The average Bonchev–Trinajstić information content (AvgIpc) is 3.17. The van der Waals surface area contributed by atoms with Gasteiger partial charge in [0.15, 0.2) is 6.61 Å². The highest BCUT2D eigenvalue weighted by Crippen LogP contribution is 2.34. The summed E-state index contributed by atoms with van der Waals surface area (Å²) >= 11 is 0. The van der Waals surface area contributed by atoms with Crippen LogP contribution in [0.3, 0.4) is 0 Å². The predicted molar refractivity (Wildman–Crippen MR) is 112 cm³/mol. The lowest BCUT2D eigenvalue weighted by atomic mass is 9.83. The molecule has 10 heteroatoms. The van der Waals surface area contributed by atoms with Gasteiger partial charge in [0.1, 0.15) is 22.9 Å². The topological polar surface area (TPSA) is 75.9 Å². The highest BCUT2D eigenvalue weighted by atomic mass is 19.4. The summed E-state index contributed by atoms with van der Waals surface area (Å²) in [6.45, 7) is 0.269. The second-order valence-corrected chi connectivity index (χ2v) is 8.57. The summed E-state index contributed by atoms with van der Waals surface area (Å²) in [5, 5.41) is 13.0. The van der Waals surface area contributed by atoms with Crippen molar-refractivity contribution in [2.75, 3.05) is 6.61 Å². The third-order valence-electron chi connectivity index (χ3n) is 5.72. The lowest BCUT2D eigenvalue weighted by molar-refractivity contribution is -0.153. The number of amides is 1. The van der Waals surface area contributed by atoms with Gasteiger partial charge in [-0.25, -0.2) is 9.37 Å². The first-order valence-electron chi connectivity index (χ1n) is 10.5. The number of fused-ring (bicyclic) bond motifs is 1. The molecule has 2 aromatic heterocycles. The summed E-state index contributed by atoms with van der Waals surface area (Å²) in [5.41, 5.74) is -0.0684. The fourth-order valence-corrected chi connectivity index (χ4v) is 3.99. The number of pyridine rings is 1. The van der Waals surface area contributed by atoms with E-state index in [1.54, 1.807) is 13.0 Å². The number of nitrogens with zero attached hydrogens (tertiary/aromatic N) is 2. The molecule has 0 bridgehead atoms. The largest absolute Gasteiger partial charge is 0.483 e. The summed E-state index contributed by atoms with van der Waals surface area (Å²) in [5.74, 6) is -1.18. The second kappa shape index (κ2) is 8.66. The van der Waals surface area contributed by atoms with Crippen LogP contribution in [0, 0.1) is 5.82 Å². The number of alkyl halides is 3. The lowest BCUT2D eigenvalue weighted by Gasteiger charge is -2.33. The average molecular weight is 465 g/mol. The van der Waals surface area contributed by atoms with E-state index in [-0.39, 0.29) is 34.3 Å². The molecule has 2 heterocycles. The number of hydrogen-bond acceptors (Lipinski definition) is 4. The highest BCUT2D eigenvalue weighted by molar-refractivity contribution is 5.94. The van der Waals surface area contributed by atoms with Crippen molar-refractivity contribution in [1.29, 1.82) is 0 Å². The summed E-state index contributed by atoms with van der Waals surface area (Å²) in [6.07, 6.45) is 0.344. The smallest absolute Gasteiger partial charge is 0.422 e. The Morgan fingerprint density at radius 2 is 1.94 bits per heavy atom. The molecule has 1 fully saturated rings. The molecule has 2 N–H and O–H groups in total. The van der Waals surface area contributed by atoms with Gasteiger partial charge >= 0.3 is 6.18 Å². The third-order valence-corrected chi connectivity index (χ3v) is 5.72. The van der Waals surface area contributed by atoms with Crippen LogP contribution >= 0.6 is 0 Å². The van der Waals surface area contributed by atoms with Gasteiger partial charge in [-0.15, -0.1) is 0 Å². The van der Waals surface area contributed by atoms with Crippen molar-refractivity contribution in [3.05, 3.63) is 54.2 Å². The Bertz CT molecular complexity index is 1160. The Labute approximate surface area is 187 Å². The lowest BCUT2D eigenvalue weighted by Crippen LogP contribution is -2.42. The van der Waals surface area contributed by atoms with Gasteiger partial charge in [0, 0.05) is 29.6 Å². The molecule has 6 nitrogen and oxygen atoms in total. The summed E-state index contributed by atoms with van der Waals surface area (Å²) < 4.78 is 58.6. The van der Waals surface area contributed by atoms with E-state index in [9.17, 15) is 27.5 Å². The molecule has 0 radical (unpaired) electrons. The predicted octanol–water partition coefficient (Wildman–Crippen LogP) is 4.50. The monoisotopic (exact) mass is 465 g/mol. The molecule has 0 unspecified atom stereocenters. The van der Waals surface area contributed by atoms with E-state index in [4.69, 9.17) is 4.74 Å². The van der Waals surface area contributed by atoms with Crippen LogP contribution in [0.5, 0.6) is 5.75 Å². The molecule has 0 spiro atoms. The number of benzene rings is 1. The van der Waals surface area contributed by atoms with Gasteiger partial charge in [-0.05, 0) is 44.7 Å². The quantitative estimate of drug-likeness (QED) is 0.544. The Balaban J connectivity index is 1.63. The van der Waals surface area contributed by atoms with E-state index in [0.717, 1.165) is 12.3 Å². The Morgan fingerprint density at radius 1 is 1.24 bits per heavy atom. The van der Waals surface area contributed by atoms with Crippen LogP contribution < -0.4 is 10.1 Å². The molecule has 0 saturated heterocycles. The number of carbonyl (C=O) groups excluding carboxylic acids is 1. The normalized spacial score (nSPS) is 21.2. The van der Waals surface area contributed by atoms with Crippen molar-refractivity contribution in [3.63, 3.8) is 0 Å². The Morgan fingerprint density at radius 3 is 2.64 bits per heavy atom. The first-order valence-corrected chi connectivity index (χ1v) is 10.5. The number of imidazole rings is 1. The van der Waals surface area contributed by atoms with Crippen molar-refractivity contribution < 1.29 is 32.2 Å². The van der Waals surface area contributed by atoms with Gasteiger partial charge in [0.05, 0.1) is 5.60 Å². The minimum absolute atomic E-state index is 0.0490. The van der Waals surface area contributed by atoms with E-state index < -0.39 is 30.1 Å². The summed E-state index contributed by atoms with van der Waals surface area (Å²) in [6, 6.07) is 6.99. The molecule has 1 saturated carbocycles. The van der Waals surface area contributed by atoms with E-state index in [0.29, 0.717) is 25.7 Å². The van der Waals surface area contributed by atoms with Gasteiger partial charge in [-0.3, -0.25) is 4.79 Å². The van der Waals surface area contributed by atoms with Gasteiger partial charge in [0.2, 0.25) is 0 Å². The van der Waals surface area contributed by atoms with Crippen molar-refractivity contribution in [2.45, 2.75) is 50.4 Å². The van der Waals surface area contributed by atoms with Crippen molar-refractivity contribution in [2.24, 2.45) is 0 Å². The minimum Gasteiger partial charge on any atom is -0.483 e. The maximum absolute atomic E-state index is 14.4. The second-order valence-electron chi connectivity index (χ2n) is 8.57. The number of aliphatic hydroxyl groups is 1. The number of para-hydroxylation sites is 1. The first-order chi connectivity index (χ1) is 15.5. The molecule has 3 aromatic rings. The van der Waals surface area contributed by atoms with Crippen molar-refractivity contribution in [3.8, 4) is 16.9 Å². The molecular weight excluding hydrogens is 442 g/mol. The maximum Gasteiger partial charge on any atom is 0.422 e. The Kier molecular flexibility index (Phi) is 6.04. The van der Waals surface area contributed by atoms with Gasteiger partial charge in [-0.2, -0.15) is 13.2 Å². The standard InChI is InChI=1S/C23H23F4N3O3/c1-22(32)8-6-15(7-9-22)28-21(31)18-12-30-11-14(24)10-17(20(30)29-18)16-4-2-3-5-19(16)33-13-23(25,26)27/h2-5,10-12,15,32H,6-9,13H2,1H3,(H,28,31). The van der Waals surface area contributed by atoms with E-state index in [1.165, 1.54) is 28.8 Å². The van der Waals surface area contributed by atoms with Gasteiger partial charge < -0.3 is 19.6 Å². The van der Waals surface area contributed by atoms with Crippen LogP contribution in [0.1, 0.15) is 43.1 Å². The van der Waals surface area contributed by atoms with E-state index in [2.05, 4.69) is 10.3 Å². The maximum atomic E-state index is 14.4. The highest BCUT2D eigenvalue weighted by Gasteiger charge is 2.31. The van der Waals surface area contributed by atoms with Crippen LogP contribution in [-0.2, 0) is 0 Å². The number of nitrogens with one attached hydrogen (secondary N) is 1. The van der Waals surface area contributed by atoms with Gasteiger partial charge in [-0.1, -0.05) is 18.2 Å². The number of halogens is 4.